The third-order valence-electron chi connectivity index (χ3n) is 2.75. The second-order valence-corrected chi connectivity index (χ2v) is 3.92. The standard InChI is InChI=1S/C12H9N3O3/c1-15-10(5-9(14-15)12(16)17)7-2-3-8-6-13-18-11(8)4-7/h2-6H,1H3,(H,16,17). The van der Waals surface area contributed by atoms with E-state index in [9.17, 15) is 4.79 Å². The predicted molar refractivity (Wildman–Crippen MR) is 63.2 cm³/mol. The quantitative estimate of drug-likeness (QED) is 0.743. The summed E-state index contributed by atoms with van der Waals surface area (Å²) < 4.78 is 6.61. The van der Waals surface area contributed by atoms with Crippen molar-refractivity contribution in [2.45, 2.75) is 0 Å². The van der Waals surface area contributed by atoms with Crippen LogP contribution in [0.1, 0.15) is 10.5 Å². The molecule has 0 saturated heterocycles. The molecule has 0 atom stereocenters. The highest BCUT2D eigenvalue weighted by atomic mass is 16.5. The number of benzene rings is 1. The third kappa shape index (κ3) is 1.55. The van der Waals surface area contributed by atoms with Gasteiger partial charge in [0, 0.05) is 18.0 Å². The number of carbonyl (C=O) groups is 1. The molecule has 3 aromatic rings. The highest BCUT2D eigenvalue weighted by Crippen LogP contribution is 2.24. The van der Waals surface area contributed by atoms with E-state index < -0.39 is 5.97 Å². The van der Waals surface area contributed by atoms with Crippen molar-refractivity contribution in [2.75, 3.05) is 0 Å². The molecule has 0 aliphatic heterocycles. The molecule has 90 valence electrons. The van der Waals surface area contributed by atoms with Crippen molar-refractivity contribution in [1.29, 1.82) is 0 Å². The minimum Gasteiger partial charge on any atom is -0.476 e. The van der Waals surface area contributed by atoms with Crippen molar-refractivity contribution in [3.8, 4) is 11.3 Å². The normalized spacial score (nSPS) is 10.9. The maximum absolute atomic E-state index is 10.9. The van der Waals surface area contributed by atoms with E-state index in [1.165, 1.54) is 10.7 Å². The number of nitrogens with zero attached hydrogens (tertiary/aromatic N) is 3. The maximum Gasteiger partial charge on any atom is 0.356 e. The first-order valence-corrected chi connectivity index (χ1v) is 5.27. The Balaban J connectivity index is 2.15. The fourth-order valence-corrected chi connectivity index (χ4v) is 1.86. The Morgan fingerprint density at radius 3 is 2.94 bits per heavy atom. The van der Waals surface area contributed by atoms with Gasteiger partial charge in [-0.2, -0.15) is 5.10 Å². The lowest BCUT2D eigenvalue weighted by atomic mass is 10.1. The van der Waals surface area contributed by atoms with Crippen LogP contribution in [0.25, 0.3) is 22.2 Å². The number of fused-ring (bicyclic) bond motifs is 1. The van der Waals surface area contributed by atoms with Crippen LogP contribution >= 0.6 is 0 Å². The zero-order chi connectivity index (χ0) is 12.7. The summed E-state index contributed by atoms with van der Waals surface area (Å²) in [6, 6.07) is 7.08. The Morgan fingerprint density at radius 1 is 1.39 bits per heavy atom. The lowest BCUT2D eigenvalue weighted by molar-refractivity contribution is 0.0689. The molecule has 0 spiro atoms. The fraction of sp³-hybridized carbons (Fsp3) is 0.0833. The van der Waals surface area contributed by atoms with Gasteiger partial charge in [0.1, 0.15) is 0 Å². The average Bonchev–Trinajstić information content (AvgIpc) is 2.93. The Labute approximate surface area is 101 Å². The van der Waals surface area contributed by atoms with Crippen molar-refractivity contribution in [3.63, 3.8) is 0 Å². The summed E-state index contributed by atoms with van der Waals surface area (Å²) in [5.41, 5.74) is 2.23. The summed E-state index contributed by atoms with van der Waals surface area (Å²) in [5.74, 6) is -1.04. The van der Waals surface area contributed by atoms with Crippen LogP contribution < -0.4 is 0 Å². The molecule has 6 nitrogen and oxygen atoms in total. The van der Waals surface area contributed by atoms with Crippen LogP contribution in [0.5, 0.6) is 0 Å². The smallest absolute Gasteiger partial charge is 0.356 e. The highest BCUT2D eigenvalue weighted by molar-refractivity contribution is 5.88. The van der Waals surface area contributed by atoms with Gasteiger partial charge in [-0.3, -0.25) is 4.68 Å². The SMILES string of the molecule is Cn1nc(C(=O)O)cc1-c1ccc2cnoc2c1. The summed E-state index contributed by atoms with van der Waals surface area (Å²) in [5, 5.41) is 17.4. The summed E-state index contributed by atoms with van der Waals surface area (Å²) in [4.78, 5) is 10.9. The first kappa shape index (κ1) is 10.5. The average molecular weight is 243 g/mol. The van der Waals surface area contributed by atoms with E-state index in [1.807, 2.05) is 18.2 Å². The second kappa shape index (κ2) is 3.69. The summed E-state index contributed by atoms with van der Waals surface area (Å²) in [7, 11) is 1.70. The van der Waals surface area contributed by atoms with Gasteiger partial charge in [0.25, 0.3) is 0 Å². The number of carboxylic acid groups (broad SMARTS) is 1. The molecular weight excluding hydrogens is 234 g/mol. The number of rotatable bonds is 2. The number of carboxylic acids is 1. The third-order valence-corrected chi connectivity index (χ3v) is 2.75. The second-order valence-electron chi connectivity index (χ2n) is 3.92. The molecule has 3 rings (SSSR count). The highest BCUT2D eigenvalue weighted by Gasteiger charge is 2.13. The van der Waals surface area contributed by atoms with Crippen molar-refractivity contribution < 1.29 is 14.4 Å². The zero-order valence-corrected chi connectivity index (χ0v) is 9.49. The minimum atomic E-state index is -1.04. The van der Waals surface area contributed by atoms with Crippen molar-refractivity contribution in [2.24, 2.45) is 7.05 Å². The number of hydrogen-bond acceptors (Lipinski definition) is 4. The zero-order valence-electron chi connectivity index (χ0n) is 9.49. The van der Waals surface area contributed by atoms with Gasteiger partial charge in [-0.15, -0.1) is 0 Å². The number of aromatic nitrogens is 3. The molecule has 0 aliphatic carbocycles. The fourth-order valence-electron chi connectivity index (χ4n) is 1.86. The van der Waals surface area contributed by atoms with Gasteiger partial charge in [0.2, 0.25) is 0 Å². The number of hydrogen-bond donors (Lipinski definition) is 1. The van der Waals surface area contributed by atoms with Gasteiger partial charge in [-0.1, -0.05) is 11.2 Å². The van der Waals surface area contributed by atoms with Gasteiger partial charge < -0.3 is 9.63 Å². The Morgan fingerprint density at radius 2 is 2.22 bits per heavy atom. The van der Waals surface area contributed by atoms with Crippen LogP contribution in [-0.4, -0.2) is 26.0 Å². The van der Waals surface area contributed by atoms with Crippen LogP contribution in [0.2, 0.25) is 0 Å². The number of aromatic carboxylic acids is 1. The first-order valence-electron chi connectivity index (χ1n) is 5.27. The van der Waals surface area contributed by atoms with Gasteiger partial charge in [0.15, 0.2) is 11.3 Å². The molecular formula is C12H9N3O3. The van der Waals surface area contributed by atoms with E-state index in [-0.39, 0.29) is 5.69 Å². The van der Waals surface area contributed by atoms with E-state index in [2.05, 4.69) is 10.3 Å². The Kier molecular flexibility index (Phi) is 2.16. The van der Waals surface area contributed by atoms with Crippen LogP contribution in [0.3, 0.4) is 0 Å². The van der Waals surface area contributed by atoms with E-state index in [0.717, 1.165) is 10.9 Å². The van der Waals surface area contributed by atoms with Crippen LogP contribution in [0, 0.1) is 0 Å². The van der Waals surface area contributed by atoms with Crippen LogP contribution in [0.4, 0.5) is 0 Å². The molecule has 18 heavy (non-hydrogen) atoms. The summed E-state index contributed by atoms with van der Waals surface area (Å²) >= 11 is 0. The van der Waals surface area contributed by atoms with E-state index in [1.54, 1.807) is 13.2 Å². The molecule has 0 saturated carbocycles. The first-order chi connectivity index (χ1) is 8.65. The summed E-state index contributed by atoms with van der Waals surface area (Å²) in [6.07, 6.45) is 1.63. The maximum atomic E-state index is 10.9. The Bertz CT molecular complexity index is 742. The lowest BCUT2D eigenvalue weighted by Crippen LogP contribution is -1.99. The monoisotopic (exact) mass is 243 g/mol. The molecule has 1 aromatic carbocycles. The molecule has 2 aromatic heterocycles. The topological polar surface area (TPSA) is 81.2 Å². The largest absolute Gasteiger partial charge is 0.476 e. The molecule has 0 unspecified atom stereocenters. The molecule has 0 bridgehead atoms. The van der Waals surface area contributed by atoms with E-state index >= 15 is 0 Å². The number of aryl methyl sites for hydroxylation is 1. The van der Waals surface area contributed by atoms with Crippen molar-refractivity contribution in [3.05, 3.63) is 36.2 Å². The van der Waals surface area contributed by atoms with Crippen molar-refractivity contribution >= 4 is 16.9 Å². The predicted octanol–water partition coefficient (Wildman–Crippen LogP) is 1.93. The molecule has 0 amide bonds. The van der Waals surface area contributed by atoms with Crippen molar-refractivity contribution in [1.82, 2.24) is 14.9 Å². The van der Waals surface area contributed by atoms with Gasteiger partial charge in [0.05, 0.1) is 11.9 Å². The van der Waals surface area contributed by atoms with Gasteiger partial charge in [-0.05, 0) is 18.2 Å². The molecule has 0 fully saturated rings. The molecule has 6 heteroatoms. The van der Waals surface area contributed by atoms with E-state index in [4.69, 9.17) is 9.63 Å². The Hall–Kier alpha value is -2.63. The molecule has 1 N–H and O–H groups in total. The molecule has 0 aliphatic rings. The van der Waals surface area contributed by atoms with Crippen LogP contribution in [0.15, 0.2) is 35.0 Å². The lowest BCUT2D eigenvalue weighted by Gasteiger charge is -2.00. The molecule has 0 radical (unpaired) electrons. The van der Waals surface area contributed by atoms with E-state index in [0.29, 0.717) is 11.3 Å². The minimum absolute atomic E-state index is 0.0187. The van der Waals surface area contributed by atoms with Gasteiger partial charge in [-0.25, -0.2) is 4.79 Å². The van der Waals surface area contributed by atoms with Crippen LogP contribution in [-0.2, 0) is 7.05 Å². The molecule has 2 heterocycles. The van der Waals surface area contributed by atoms with Gasteiger partial charge >= 0.3 is 5.97 Å². The summed E-state index contributed by atoms with van der Waals surface area (Å²) in [6.45, 7) is 0.